The van der Waals surface area contributed by atoms with Crippen LogP contribution in [-0.4, -0.2) is 25.0 Å². The molecule has 0 saturated carbocycles. The van der Waals surface area contributed by atoms with Gasteiger partial charge in [-0.1, -0.05) is 56.3 Å². The summed E-state index contributed by atoms with van der Waals surface area (Å²) in [4.78, 5) is 25.3. The van der Waals surface area contributed by atoms with Crippen LogP contribution in [0.4, 0.5) is 5.69 Å². The summed E-state index contributed by atoms with van der Waals surface area (Å²) in [5, 5.41) is 7.97. The fourth-order valence-corrected chi connectivity index (χ4v) is 3.19. The molecular weight excluding hydrogens is 364 g/mol. The Bertz CT molecular complexity index is 996. The van der Waals surface area contributed by atoms with E-state index in [4.69, 9.17) is 4.74 Å². The smallest absolute Gasteiger partial charge is 0.247 e. The van der Waals surface area contributed by atoms with Crippen LogP contribution in [-0.2, 0) is 16.0 Å². The van der Waals surface area contributed by atoms with Crippen molar-refractivity contribution in [3.63, 3.8) is 0 Å². The maximum absolute atomic E-state index is 12.7. The lowest BCUT2D eigenvalue weighted by molar-refractivity contribution is -0.127. The second-order valence-corrected chi connectivity index (χ2v) is 7.37. The van der Waals surface area contributed by atoms with Crippen molar-refractivity contribution in [3.05, 3.63) is 72.3 Å². The molecule has 5 nitrogen and oxygen atoms in total. The summed E-state index contributed by atoms with van der Waals surface area (Å²) in [6, 6.07) is 20.5. The average molecular weight is 390 g/mol. The SMILES string of the molecule is COc1ccc(NC(=O)C(NC(=O)Cc2ccc3ccccc3c2)C(C)C)cc1. The van der Waals surface area contributed by atoms with Gasteiger partial charge in [-0.05, 0) is 46.5 Å². The Morgan fingerprint density at radius 2 is 1.62 bits per heavy atom. The highest BCUT2D eigenvalue weighted by atomic mass is 16.5. The van der Waals surface area contributed by atoms with Gasteiger partial charge in [-0.15, -0.1) is 0 Å². The minimum Gasteiger partial charge on any atom is -0.497 e. The van der Waals surface area contributed by atoms with Crippen molar-refractivity contribution >= 4 is 28.3 Å². The van der Waals surface area contributed by atoms with Crippen LogP contribution in [0.2, 0.25) is 0 Å². The van der Waals surface area contributed by atoms with Gasteiger partial charge < -0.3 is 15.4 Å². The Balaban J connectivity index is 1.64. The number of hydrogen-bond donors (Lipinski definition) is 2. The Kier molecular flexibility index (Phi) is 6.50. The largest absolute Gasteiger partial charge is 0.497 e. The van der Waals surface area contributed by atoms with Crippen molar-refractivity contribution in [2.75, 3.05) is 12.4 Å². The summed E-state index contributed by atoms with van der Waals surface area (Å²) < 4.78 is 5.13. The third kappa shape index (κ3) is 5.35. The quantitative estimate of drug-likeness (QED) is 0.636. The third-order valence-corrected chi connectivity index (χ3v) is 4.80. The molecule has 0 aliphatic heterocycles. The minimum atomic E-state index is -0.620. The summed E-state index contributed by atoms with van der Waals surface area (Å²) in [6.07, 6.45) is 0.226. The lowest BCUT2D eigenvalue weighted by Crippen LogP contribution is -2.47. The van der Waals surface area contributed by atoms with Gasteiger partial charge in [0.1, 0.15) is 11.8 Å². The summed E-state index contributed by atoms with van der Waals surface area (Å²) in [5.74, 6) is 0.252. The second-order valence-electron chi connectivity index (χ2n) is 7.37. The first-order valence-corrected chi connectivity index (χ1v) is 9.68. The van der Waals surface area contributed by atoms with E-state index in [9.17, 15) is 9.59 Å². The van der Waals surface area contributed by atoms with Gasteiger partial charge in [0.15, 0.2) is 0 Å². The van der Waals surface area contributed by atoms with E-state index in [0.29, 0.717) is 11.4 Å². The summed E-state index contributed by atoms with van der Waals surface area (Å²) in [5.41, 5.74) is 1.57. The molecule has 0 saturated heterocycles. The van der Waals surface area contributed by atoms with Gasteiger partial charge in [0, 0.05) is 5.69 Å². The van der Waals surface area contributed by atoms with Crippen molar-refractivity contribution in [1.82, 2.24) is 5.32 Å². The Morgan fingerprint density at radius 1 is 0.931 bits per heavy atom. The van der Waals surface area contributed by atoms with Gasteiger partial charge in [-0.3, -0.25) is 9.59 Å². The monoisotopic (exact) mass is 390 g/mol. The van der Waals surface area contributed by atoms with Gasteiger partial charge in [0.25, 0.3) is 0 Å². The van der Waals surface area contributed by atoms with Crippen molar-refractivity contribution in [1.29, 1.82) is 0 Å². The predicted octanol–water partition coefficient (Wildman–Crippen LogP) is 4.17. The number of hydrogen-bond acceptors (Lipinski definition) is 3. The first kappa shape index (κ1) is 20.4. The molecule has 1 unspecified atom stereocenters. The number of anilines is 1. The van der Waals surface area contributed by atoms with Crippen LogP contribution in [0.25, 0.3) is 10.8 Å². The first-order chi connectivity index (χ1) is 14.0. The summed E-state index contributed by atoms with van der Waals surface area (Å²) >= 11 is 0. The highest BCUT2D eigenvalue weighted by molar-refractivity contribution is 5.97. The standard InChI is InChI=1S/C24H26N2O3/c1-16(2)23(24(28)25-20-10-12-21(29-3)13-11-20)26-22(27)15-17-8-9-18-6-4-5-7-19(18)14-17/h4-14,16,23H,15H2,1-3H3,(H,25,28)(H,26,27). The molecule has 3 rings (SSSR count). The summed E-state index contributed by atoms with van der Waals surface area (Å²) in [7, 11) is 1.59. The van der Waals surface area contributed by atoms with Gasteiger partial charge in [0.05, 0.1) is 13.5 Å². The van der Waals surface area contributed by atoms with Crippen molar-refractivity contribution in [2.24, 2.45) is 5.92 Å². The topological polar surface area (TPSA) is 67.4 Å². The number of rotatable bonds is 7. The Labute approximate surface area is 171 Å². The average Bonchev–Trinajstić information content (AvgIpc) is 2.72. The predicted molar refractivity (Wildman–Crippen MR) is 116 cm³/mol. The molecule has 150 valence electrons. The van der Waals surface area contributed by atoms with E-state index in [1.807, 2.05) is 56.3 Å². The molecule has 2 N–H and O–H groups in total. The van der Waals surface area contributed by atoms with Gasteiger partial charge >= 0.3 is 0 Å². The minimum absolute atomic E-state index is 0.0474. The van der Waals surface area contributed by atoms with E-state index in [2.05, 4.69) is 10.6 Å². The van der Waals surface area contributed by atoms with Crippen molar-refractivity contribution < 1.29 is 14.3 Å². The van der Waals surface area contributed by atoms with Gasteiger partial charge in [-0.25, -0.2) is 0 Å². The number of amides is 2. The van der Waals surface area contributed by atoms with Gasteiger partial charge in [-0.2, -0.15) is 0 Å². The maximum atomic E-state index is 12.7. The number of benzene rings is 3. The molecule has 0 spiro atoms. The number of fused-ring (bicyclic) bond motifs is 1. The third-order valence-electron chi connectivity index (χ3n) is 4.80. The first-order valence-electron chi connectivity index (χ1n) is 9.68. The molecule has 0 aliphatic carbocycles. The van der Waals surface area contributed by atoms with E-state index in [-0.39, 0.29) is 24.2 Å². The molecule has 0 heterocycles. The van der Waals surface area contributed by atoms with Crippen LogP contribution >= 0.6 is 0 Å². The molecule has 0 radical (unpaired) electrons. The molecule has 1 atom stereocenters. The van der Waals surface area contributed by atoms with Crippen molar-refractivity contribution in [2.45, 2.75) is 26.3 Å². The Morgan fingerprint density at radius 3 is 2.28 bits per heavy atom. The van der Waals surface area contributed by atoms with E-state index in [0.717, 1.165) is 16.3 Å². The molecule has 2 amide bonds. The van der Waals surface area contributed by atoms with E-state index in [1.54, 1.807) is 31.4 Å². The molecule has 0 fully saturated rings. The Hall–Kier alpha value is -3.34. The van der Waals surface area contributed by atoms with Crippen LogP contribution in [0.5, 0.6) is 5.75 Å². The zero-order valence-corrected chi connectivity index (χ0v) is 16.9. The zero-order chi connectivity index (χ0) is 20.8. The lowest BCUT2D eigenvalue weighted by atomic mass is 10.0. The van der Waals surface area contributed by atoms with E-state index >= 15 is 0 Å². The van der Waals surface area contributed by atoms with Crippen LogP contribution in [0.1, 0.15) is 19.4 Å². The number of methoxy groups -OCH3 is 1. The van der Waals surface area contributed by atoms with Gasteiger partial charge in [0.2, 0.25) is 11.8 Å². The molecule has 3 aromatic carbocycles. The highest BCUT2D eigenvalue weighted by Crippen LogP contribution is 2.17. The normalized spacial score (nSPS) is 11.9. The van der Waals surface area contributed by atoms with Crippen LogP contribution in [0, 0.1) is 5.92 Å². The number of carbonyl (C=O) groups excluding carboxylic acids is 2. The molecule has 29 heavy (non-hydrogen) atoms. The van der Waals surface area contributed by atoms with Crippen LogP contribution in [0.3, 0.4) is 0 Å². The number of carbonyl (C=O) groups is 2. The number of ether oxygens (including phenoxy) is 1. The molecule has 0 bridgehead atoms. The molecule has 0 aromatic heterocycles. The fourth-order valence-electron chi connectivity index (χ4n) is 3.19. The second kappa shape index (κ2) is 9.24. The number of nitrogens with one attached hydrogen (secondary N) is 2. The van der Waals surface area contributed by atoms with Crippen molar-refractivity contribution in [3.8, 4) is 5.75 Å². The molecule has 0 aliphatic rings. The van der Waals surface area contributed by atoms with Crippen LogP contribution < -0.4 is 15.4 Å². The summed E-state index contributed by atoms with van der Waals surface area (Å²) in [6.45, 7) is 3.82. The van der Waals surface area contributed by atoms with E-state index < -0.39 is 6.04 Å². The highest BCUT2D eigenvalue weighted by Gasteiger charge is 2.24. The fraction of sp³-hybridized carbons (Fsp3) is 0.250. The molecule has 3 aromatic rings. The maximum Gasteiger partial charge on any atom is 0.247 e. The lowest BCUT2D eigenvalue weighted by Gasteiger charge is -2.22. The molecule has 5 heteroatoms. The van der Waals surface area contributed by atoms with E-state index in [1.165, 1.54) is 0 Å². The zero-order valence-electron chi connectivity index (χ0n) is 16.9. The van der Waals surface area contributed by atoms with Crippen LogP contribution in [0.15, 0.2) is 66.7 Å². The molecular formula is C24H26N2O3.